The van der Waals surface area contributed by atoms with Gasteiger partial charge in [0.2, 0.25) is 0 Å². The fourth-order valence-electron chi connectivity index (χ4n) is 0.407. The summed E-state index contributed by atoms with van der Waals surface area (Å²) < 4.78 is 31.6. The predicted octanol–water partition coefficient (Wildman–Crippen LogP) is -0.879. The zero-order valence-corrected chi connectivity index (χ0v) is 9.52. The van der Waals surface area contributed by atoms with Gasteiger partial charge in [0.1, 0.15) is 0 Å². The van der Waals surface area contributed by atoms with E-state index in [2.05, 4.69) is 5.43 Å². The van der Waals surface area contributed by atoms with E-state index in [9.17, 15) is 4.79 Å². The monoisotopic (exact) mass is 244 g/mol. The molecular formula is C6H16N2O6S. The zero-order valence-electron chi connectivity index (χ0n) is 8.71. The minimum Gasteiger partial charge on any atom is -0.481 e. The molecule has 1 atom stereocenters. The van der Waals surface area contributed by atoms with Crippen molar-refractivity contribution in [2.24, 2.45) is 5.92 Å². The molecular weight excluding hydrogens is 228 g/mol. The molecule has 0 bridgehead atoms. The van der Waals surface area contributed by atoms with E-state index in [0.29, 0.717) is 6.54 Å². The molecule has 0 saturated carbocycles. The molecule has 0 amide bonds. The van der Waals surface area contributed by atoms with Gasteiger partial charge in [-0.25, -0.2) is 0 Å². The summed E-state index contributed by atoms with van der Waals surface area (Å²) in [4.78, 5) is 10.3. The molecule has 0 aromatic heterocycles. The smallest absolute Gasteiger partial charge is 0.394 e. The second-order valence-corrected chi connectivity index (χ2v) is 3.84. The molecule has 0 aromatic carbocycles. The van der Waals surface area contributed by atoms with Gasteiger partial charge in [0, 0.05) is 20.6 Å². The number of hydrogen-bond acceptors (Lipinski definition) is 5. The Morgan fingerprint density at radius 1 is 1.40 bits per heavy atom. The molecule has 0 spiro atoms. The van der Waals surface area contributed by atoms with Gasteiger partial charge in [-0.05, 0) is 0 Å². The maximum absolute atomic E-state index is 10.3. The van der Waals surface area contributed by atoms with E-state index in [1.165, 1.54) is 0 Å². The molecule has 0 radical (unpaired) electrons. The van der Waals surface area contributed by atoms with Gasteiger partial charge in [0.25, 0.3) is 0 Å². The van der Waals surface area contributed by atoms with Crippen LogP contribution in [0.4, 0.5) is 0 Å². The molecule has 1 unspecified atom stereocenters. The minimum absolute atomic E-state index is 0.331. The molecule has 4 N–H and O–H groups in total. The van der Waals surface area contributed by atoms with Gasteiger partial charge in [-0.3, -0.25) is 24.3 Å². The SMILES string of the molecule is CC(CNN(C)C)C(=O)O.O=S(=O)(O)O. The van der Waals surface area contributed by atoms with Crippen LogP contribution < -0.4 is 5.43 Å². The number of nitrogens with zero attached hydrogens (tertiary/aromatic N) is 1. The third-order valence-corrected chi connectivity index (χ3v) is 1.14. The number of carboxylic acid groups (broad SMARTS) is 1. The Morgan fingerprint density at radius 3 is 1.93 bits per heavy atom. The first-order valence-electron chi connectivity index (χ1n) is 3.87. The van der Waals surface area contributed by atoms with E-state index >= 15 is 0 Å². The van der Waals surface area contributed by atoms with Crippen molar-refractivity contribution in [2.75, 3.05) is 20.6 Å². The largest absolute Gasteiger partial charge is 0.481 e. The van der Waals surface area contributed by atoms with Gasteiger partial charge in [-0.15, -0.1) is 0 Å². The summed E-state index contributed by atoms with van der Waals surface area (Å²) in [6, 6.07) is 0. The summed E-state index contributed by atoms with van der Waals surface area (Å²) in [5.41, 5.74) is 2.88. The molecule has 0 heterocycles. The van der Waals surface area contributed by atoms with E-state index in [1.54, 1.807) is 11.9 Å². The molecule has 0 aliphatic carbocycles. The van der Waals surface area contributed by atoms with Crippen molar-refractivity contribution >= 4 is 16.4 Å². The number of hydrazine groups is 1. The third-order valence-electron chi connectivity index (χ3n) is 1.14. The second-order valence-electron chi connectivity index (χ2n) is 2.94. The molecule has 0 aliphatic rings. The van der Waals surface area contributed by atoms with Crippen LogP contribution in [0.5, 0.6) is 0 Å². The van der Waals surface area contributed by atoms with Crippen molar-refractivity contribution < 1.29 is 27.4 Å². The Balaban J connectivity index is 0. The van der Waals surface area contributed by atoms with Crippen LogP contribution in [0.25, 0.3) is 0 Å². The van der Waals surface area contributed by atoms with Crippen LogP contribution in [0.1, 0.15) is 6.92 Å². The quantitative estimate of drug-likeness (QED) is 0.371. The lowest BCUT2D eigenvalue weighted by Gasteiger charge is -2.13. The van der Waals surface area contributed by atoms with Gasteiger partial charge < -0.3 is 5.11 Å². The van der Waals surface area contributed by atoms with Gasteiger partial charge in [0.05, 0.1) is 5.92 Å². The normalized spacial score (nSPS) is 12.9. The average Bonchev–Trinajstić information content (AvgIpc) is 1.96. The topological polar surface area (TPSA) is 127 Å². The number of rotatable bonds is 4. The number of aliphatic carboxylic acids is 1. The molecule has 0 aromatic rings. The summed E-state index contributed by atoms with van der Waals surface area (Å²) in [5, 5.41) is 10.2. The van der Waals surface area contributed by atoms with Gasteiger partial charge in [-0.2, -0.15) is 8.42 Å². The zero-order chi connectivity index (χ0) is 12.6. The highest BCUT2D eigenvalue weighted by atomic mass is 32.3. The molecule has 0 rings (SSSR count). The summed E-state index contributed by atoms with van der Waals surface area (Å²) in [7, 11) is -1.01. The Labute approximate surface area is 88.4 Å². The summed E-state index contributed by atoms with van der Waals surface area (Å²) >= 11 is 0. The summed E-state index contributed by atoms with van der Waals surface area (Å²) in [6.45, 7) is 2.14. The summed E-state index contributed by atoms with van der Waals surface area (Å²) in [6.07, 6.45) is 0. The van der Waals surface area contributed by atoms with Crippen LogP contribution in [0.2, 0.25) is 0 Å². The van der Waals surface area contributed by atoms with Crippen LogP contribution in [-0.4, -0.2) is 54.2 Å². The van der Waals surface area contributed by atoms with Gasteiger partial charge in [0.15, 0.2) is 0 Å². The Morgan fingerprint density at radius 2 is 1.73 bits per heavy atom. The van der Waals surface area contributed by atoms with Crippen molar-refractivity contribution in [1.82, 2.24) is 10.4 Å². The number of carboxylic acids is 1. The Kier molecular flexibility index (Phi) is 8.38. The van der Waals surface area contributed by atoms with Crippen LogP contribution in [0.15, 0.2) is 0 Å². The Bertz CT molecular complexity index is 267. The van der Waals surface area contributed by atoms with Gasteiger partial charge in [-0.1, -0.05) is 6.92 Å². The van der Waals surface area contributed by atoms with Crippen LogP contribution >= 0.6 is 0 Å². The van der Waals surface area contributed by atoms with Crippen LogP contribution in [-0.2, 0) is 15.2 Å². The fourth-order valence-corrected chi connectivity index (χ4v) is 0.407. The lowest BCUT2D eigenvalue weighted by Crippen LogP contribution is -2.36. The standard InChI is InChI=1S/C6H14N2O2.H2O4S/c1-5(6(9)10)4-7-8(2)3;1-5(2,3)4/h5,7H,4H2,1-3H3,(H,9,10);(H2,1,2,3,4). The highest BCUT2D eigenvalue weighted by Gasteiger charge is 2.09. The minimum atomic E-state index is -4.67. The molecule has 8 nitrogen and oxygen atoms in total. The van der Waals surface area contributed by atoms with Crippen molar-refractivity contribution in [2.45, 2.75) is 6.92 Å². The lowest BCUT2D eigenvalue weighted by molar-refractivity contribution is -0.141. The lowest BCUT2D eigenvalue weighted by atomic mass is 10.2. The molecule has 92 valence electrons. The highest BCUT2D eigenvalue weighted by molar-refractivity contribution is 7.79. The fraction of sp³-hybridized carbons (Fsp3) is 0.833. The first-order chi connectivity index (χ1) is 6.54. The molecule has 0 saturated heterocycles. The van der Waals surface area contributed by atoms with E-state index in [1.807, 2.05) is 14.1 Å². The number of carbonyl (C=O) groups is 1. The first kappa shape index (κ1) is 16.7. The first-order valence-corrected chi connectivity index (χ1v) is 5.27. The van der Waals surface area contributed by atoms with Crippen LogP contribution in [0.3, 0.4) is 0 Å². The van der Waals surface area contributed by atoms with E-state index in [4.69, 9.17) is 22.6 Å². The summed E-state index contributed by atoms with van der Waals surface area (Å²) in [5.74, 6) is -1.10. The van der Waals surface area contributed by atoms with E-state index in [0.717, 1.165) is 0 Å². The number of nitrogens with one attached hydrogen (secondary N) is 1. The van der Waals surface area contributed by atoms with Crippen molar-refractivity contribution in [1.29, 1.82) is 0 Å². The Hall–Kier alpha value is -0.740. The molecule has 0 aliphatic heterocycles. The van der Waals surface area contributed by atoms with E-state index < -0.39 is 16.4 Å². The van der Waals surface area contributed by atoms with Gasteiger partial charge >= 0.3 is 16.4 Å². The third kappa shape index (κ3) is 24.6. The van der Waals surface area contributed by atoms with Crippen molar-refractivity contribution in [3.63, 3.8) is 0 Å². The maximum atomic E-state index is 10.3. The van der Waals surface area contributed by atoms with Crippen LogP contribution in [0, 0.1) is 5.92 Å². The molecule has 15 heavy (non-hydrogen) atoms. The van der Waals surface area contributed by atoms with Crippen molar-refractivity contribution in [3.8, 4) is 0 Å². The van der Waals surface area contributed by atoms with Crippen molar-refractivity contribution in [3.05, 3.63) is 0 Å². The number of hydrogen-bond donors (Lipinski definition) is 4. The van der Waals surface area contributed by atoms with E-state index in [-0.39, 0.29) is 5.92 Å². The maximum Gasteiger partial charge on any atom is 0.394 e. The second kappa shape index (κ2) is 7.54. The average molecular weight is 244 g/mol. The molecule has 9 heteroatoms. The highest BCUT2D eigenvalue weighted by Crippen LogP contribution is 1.90. The molecule has 0 fully saturated rings. The predicted molar refractivity (Wildman–Crippen MR) is 52.7 cm³/mol.